The highest BCUT2D eigenvalue weighted by Gasteiger charge is 2.53. The smallest absolute Gasteiger partial charge is 0.410 e. The number of rotatable bonds is 15. The molecule has 5 rings (SSSR count). The summed E-state index contributed by atoms with van der Waals surface area (Å²) >= 11 is 0. The van der Waals surface area contributed by atoms with Crippen LogP contribution >= 0.6 is 0 Å². The number of Topliss-reactive ketones (excluding diaryl/α,β-unsaturated/α-hetero) is 1. The first-order valence-corrected chi connectivity index (χ1v) is 27.8. The van der Waals surface area contributed by atoms with Crippen LogP contribution in [0.4, 0.5) is 4.79 Å². The number of methoxy groups -OCH3 is 2. The molecule has 0 bridgehead atoms. The number of likely N-dealkylation sites (tertiary alicyclic amines) is 1. The SMILES string of the molecule is C.CO/N=C1\C[C@@H](C)O[C@@H](O[C@@H]2[C@@H](C)[C@H](O[C@H]3CC(C)N(C)C[C@H](C)O3)[C@@H](C)C(=O)O[C@H]([C@@H](C)CO[C@@H]3O[C@H](C)[C@@H](O)[C@@H](OC)[C@H]3OC)[C@H](C)[C@@H](OC(=O)CC(C)C)[C@@H](C)C(=O)[C@@](C)(OC(=O)N3CCC3)C[C@@H]2C)[C@@H]1O.O=CO. The molecular formula is C56H99N3O20. The van der Waals surface area contributed by atoms with Gasteiger partial charge >= 0.3 is 18.0 Å². The topological polar surface area (TPSA) is 276 Å². The van der Waals surface area contributed by atoms with E-state index in [1.54, 1.807) is 34.6 Å². The molecule has 23 heteroatoms. The number of carboxylic acid groups (broad SMARTS) is 1. The maximum absolute atomic E-state index is 15.7. The molecule has 5 saturated heterocycles. The molecule has 1 amide bonds. The van der Waals surface area contributed by atoms with Gasteiger partial charge in [0.1, 0.15) is 43.7 Å². The Morgan fingerprint density at radius 1 is 0.835 bits per heavy atom. The standard InChI is InChI=1S/C54H93N3O18.CH2O2.CH4/c1-27(2)21-39(58)71-45-34(9)44(29(4)26-67-52-48(65-16)47(64-15)41(59)37(12)70-52)73-50(62)36(11)46(72-40-22-30(5)56(14)25-32(7)68-40)33(8)43(74-51-42(60)38(55-66-17)23-31(6)69-51)28(3)24-54(13,49(61)35(45)10)75-53(63)57-19-18-20-57;2-1-3;/h27-37,40-48,51-52,59-60H,18-26H2,1-17H3;1H,(H,2,3);1H4/b55-38+;;/t28-,29-,30?,31+,32-,33+,34-,35+,36+,37+,40-,41+,42+,43-,44+,45+,46-,47+,48+,51-,52+,54-;;/m0../s1. The van der Waals surface area contributed by atoms with Crippen molar-refractivity contribution in [3.63, 3.8) is 0 Å². The summed E-state index contributed by atoms with van der Waals surface area (Å²) in [7, 11) is 6.32. The van der Waals surface area contributed by atoms with E-state index < -0.39 is 145 Å². The molecule has 0 radical (unpaired) electrons. The molecule has 22 atom stereocenters. The maximum Gasteiger partial charge on any atom is 0.410 e. The van der Waals surface area contributed by atoms with Gasteiger partial charge in [-0.05, 0) is 73.3 Å². The predicted molar refractivity (Wildman–Crippen MR) is 288 cm³/mol. The first-order chi connectivity index (χ1) is 36.7. The van der Waals surface area contributed by atoms with Crippen LogP contribution < -0.4 is 0 Å². The molecule has 0 spiro atoms. The number of amides is 1. The van der Waals surface area contributed by atoms with E-state index in [2.05, 4.69) is 17.0 Å². The van der Waals surface area contributed by atoms with E-state index >= 15 is 9.59 Å². The lowest BCUT2D eigenvalue weighted by Crippen LogP contribution is -2.59. The zero-order valence-electron chi connectivity index (χ0n) is 49.3. The lowest BCUT2D eigenvalue weighted by molar-refractivity contribution is -0.305. The number of oxime groups is 1. The Hall–Kier alpha value is -3.62. The van der Waals surface area contributed by atoms with E-state index in [0.29, 0.717) is 31.8 Å². The zero-order chi connectivity index (χ0) is 58.5. The molecule has 5 aliphatic rings. The van der Waals surface area contributed by atoms with Crippen molar-refractivity contribution in [1.29, 1.82) is 0 Å². The number of ketones is 1. The second-order valence-electron chi connectivity index (χ2n) is 23.1. The van der Waals surface area contributed by atoms with Gasteiger partial charge in [0.2, 0.25) is 0 Å². The monoisotopic (exact) mass is 1130 g/mol. The van der Waals surface area contributed by atoms with Gasteiger partial charge in [-0.1, -0.05) is 61.0 Å². The Balaban J connectivity index is 0.00000400. The highest BCUT2D eigenvalue weighted by Crippen LogP contribution is 2.41. The van der Waals surface area contributed by atoms with Gasteiger partial charge in [0.05, 0.1) is 54.7 Å². The average molecular weight is 1130 g/mol. The minimum absolute atomic E-state index is 0. The number of cyclic esters (lactones) is 1. The summed E-state index contributed by atoms with van der Waals surface area (Å²) in [5.41, 5.74) is -1.56. The van der Waals surface area contributed by atoms with Crippen LogP contribution in [-0.4, -0.2) is 213 Å². The number of likely N-dealkylation sites (N-methyl/N-ethyl adjacent to an activating group) is 1. The minimum Gasteiger partial charge on any atom is -0.483 e. The Labute approximate surface area is 469 Å². The van der Waals surface area contributed by atoms with E-state index in [9.17, 15) is 19.8 Å². The number of hydrogen-bond donors (Lipinski definition) is 3. The Morgan fingerprint density at radius 3 is 2.04 bits per heavy atom. The molecule has 0 saturated carbocycles. The van der Waals surface area contributed by atoms with Crippen LogP contribution in [0.3, 0.4) is 0 Å². The molecule has 0 aromatic carbocycles. The highest BCUT2D eigenvalue weighted by molar-refractivity contribution is 5.92. The fourth-order valence-corrected chi connectivity index (χ4v) is 11.5. The van der Waals surface area contributed by atoms with Gasteiger partial charge in [-0.15, -0.1) is 0 Å². The third-order valence-corrected chi connectivity index (χ3v) is 16.0. The van der Waals surface area contributed by atoms with Crippen LogP contribution in [0.5, 0.6) is 0 Å². The number of carbonyl (C=O) groups is 5. The maximum atomic E-state index is 15.7. The molecule has 1 unspecified atom stereocenters. The number of hydrogen-bond acceptors (Lipinski definition) is 21. The lowest BCUT2D eigenvalue weighted by atomic mass is 9.74. The largest absolute Gasteiger partial charge is 0.483 e. The predicted octanol–water partition coefficient (Wildman–Crippen LogP) is 5.46. The average Bonchev–Trinajstić information content (AvgIpc) is 3.47. The number of nitrogens with zero attached hydrogens (tertiary/aromatic N) is 3. The van der Waals surface area contributed by atoms with Crippen molar-refractivity contribution < 1.29 is 96.2 Å². The van der Waals surface area contributed by atoms with Gasteiger partial charge in [-0.3, -0.25) is 19.2 Å². The van der Waals surface area contributed by atoms with E-state index in [-0.39, 0.29) is 57.8 Å². The highest BCUT2D eigenvalue weighted by atomic mass is 16.7. The molecule has 0 aromatic rings. The van der Waals surface area contributed by atoms with Gasteiger partial charge in [-0.25, -0.2) is 4.79 Å². The van der Waals surface area contributed by atoms with E-state index in [1.165, 1.54) is 26.2 Å². The van der Waals surface area contributed by atoms with Gasteiger partial charge in [-0.2, -0.15) is 0 Å². The fraction of sp³-hybridized carbons (Fsp3) is 0.893. The van der Waals surface area contributed by atoms with Crippen LogP contribution in [0.1, 0.15) is 130 Å². The Kier molecular flexibility index (Phi) is 28.0. The van der Waals surface area contributed by atoms with E-state index in [4.69, 9.17) is 66.8 Å². The molecule has 458 valence electrons. The summed E-state index contributed by atoms with van der Waals surface area (Å²) in [6.45, 7) is 24.7. The molecule has 5 fully saturated rings. The van der Waals surface area contributed by atoms with Crippen molar-refractivity contribution in [3.8, 4) is 0 Å². The zero-order valence-corrected chi connectivity index (χ0v) is 49.3. The van der Waals surface area contributed by atoms with Crippen molar-refractivity contribution in [2.24, 2.45) is 46.6 Å². The summed E-state index contributed by atoms with van der Waals surface area (Å²) in [6, 6.07) is 0.0280. The van der Waals surface area contributed by atoms with Gasteiger partial charge in [0.25, 0.3) is 6.47 Å². The summed E-state index contributed by atoms with van der Waals surface area (Å²) in [6.07, 6.45) is -12.1. The molecule has 3 N–H and O–H groups in total. The fourth-order valence-electron chi connectivity index (χ4n) is 11.5. The van der Waals surface area contributed by atoms with Crippen molar-refractivity contribution in [2.45, 2.75) is 227 Å². The minimum atomic E-state index is -1.86. The second kappa shape index (κ2) is 31.7. The van der Waals surface area contributed by atoms with Crippen LogP contribution in [-0.2, 0) is 76.1 Å². The number of carbonyl (C=O) groups excluding carboxylic acids is 4. The van der Waals surface area contributed by atoms with Crippen LogP contribution in [0.15, 0.2) is 5.16 Å². The Morgan fingerprint density at radius 2 is 1.47 bits per heavy atom. The normalized spacial score (nSPS) is 40.0. The summed E-state index contributed by atoms with van der Waals surface area (Å²) in [5.74, 6) is -7.06. The van der Waals surface area contributed by atoms with Crippen molar-refractivity contribution in [3.05, 3.63) is 0 Å². The number of ether oxygens (including phenoxy) is 11. The molecule has 0 aliphatic carbocycles. The number of aliphatic hydroxyl groups excluding tert-OH is 2. The van der Waals surface area contributed by atoms with Crippen LogP contribution in [0, 0.1) is 41.4 Å². The van der Waals surface area contributed by atoms with Gasteiger partial charge in [0, 0.05) is 76.9 Å². The van der Waals surface area contributed by atoms with Crippen LogP contribution in [0.2, 0.25) is 0 Å². The van der Waals surface area contributed by atoms with Gasteiger partial charge < -0.3 is 82.1 Å². The number of aliphatic hydroxyl groups is 2. The van der Waals surface area contributed by atoms with Crippen molar-refractivity contribution >= 4 is 36.0 Å². The third-order valence-electron chi connectivity index (χ3n) is 16.0. The lowest BCUT2D eigenvalue weighted by Gasteiger charge is -2.45. The summed E-state index contributed by atoms with van der Waals surface area (Å²) in [4.78, 5) is 76.2. The Bertz CT molecular complexity index is 1950. The van der Waals surface area contributed by atoms with Crippen molar-refractivity contribution in [1.82, 2.24) is 9.80 Å². The number of esters is 2. The molecule has 23 nitrogen and oxygen atoms in total. The molecule has 0 aromatic heterocycles. The van der Waals surface area contributed by atoms with E-state index in [1.807, 2.05) is 55.5 Å². The summed E-state index contributed by atoms with van der Waals surface area (Å²) in [5, 5.41) is 33.6. The quantitative estimate of drug-likeness (QED) is 0.0795. The van der Waals surface area contributed by atoms with E-state index in [0.717, 1.165) is 6.42 Å². The first-order valence-electron chi connectivity index (χ1n) is 27.8. The molecule has 5 aliphatic heterocycles. The van der Waals surface area contributed by atoms with Crippen molar-refractivity contribution in [2.75, 3.05) is 54.6 Å². The molecular weight excluding hydrogens is 1030 g/mol. The van der Waals surface area contributed by atoms with Crippen LogP contribution in [0.25, 0.3) is 0 Å². The van der Waals surface area contributed by atoms with Gasteiger partial charge in [0.15, 0.2) is 30.3 Å². The third kappa shape index (κ3) is 18.2. The summed E-state index contributed by atoms with van der Waals surface area (Å²) < 4.78 is 70.3. The molecule has 79 heavy (non-hydrogen) atoms. The molecule has 5 heterocycles. The second-order valence-corrected chi connectivity index (χ2v) is 23.1. The first kappa shape index (κ1) is 69.6.